The summed E-state index contributed by atoms with van der Waals surface area (Å²) in [6.45, 7) is 0. The van der Waals surface area contributed by atoms with E-state index < -0.39 is 0 Å². The molecule has 0 unspecified atom stereocenters. The van der Waals surface area contributed by atoms with Crippen LogP contribution in [-0.2, 0) is 9.53 Å². The molecule has 0 saturated heterocycles. The molecule has 0 radical (unpaired) electrons. The molecular weight excluding hydrogens is 200 g/mol. The highest BCUT2D eigenvalue weighted by Crippen LogP contribution is 2.17. The normalized spacial score (nSPS) is 23.4. The molecule has 0 fully saturated rings. The summed E-state index contributed by atoms with van der Waals surface area (Å²) in [5, 5.41) is 0. The molecule has 0 aromatic heterocycles. The largest absolute Gasteiger partial charge is 0.466 e. The van der Waals surface area contributed by atoms with Crippen molar-refractivity contribution in [1.29, 1.82) is 0 Å². The molecular formula is C14H24O2. The first kappa shape index (κ1) is 13.3. The SMILES string of the molecule is COC(=O)/C1=C\CCCCCCCCCC1. The first-order chi connectivity index (χ1) is 7.84. The maximum absolute atomic E-state index is 11.5. The molecule has 0 amide bonds. The number of esters is 1. The van der Waals surface area contributed by atoms with Crippen LogP contribution in [0.5, 0.6) is 0 Å². The monoisotopic (exact) mass is 224 g/mol. The second-order valence-corrected chi connectivity index (χ2v) is 4.59. The van der Waals surface area contributed by atoms with Gasteiger partial charge in [-0.3, -0.25) is 0 Å². The molecule has 0 atom stereocenters. The average Bonchev–Trinajstić information content (AvgIpc) is 2.29. The molecule has 0 N–H and O–H groups in total. The minimum absolute atomic E-state index is 0.128. The first-order valence-corrected chi connectivity index (χ1v) is 6.62. The Morgan fingerprint density at radius 3 is 2.19 bits per heavy atom. The molecule has 2 heteroatoms. The predicted octanol–water partition coefficient (Wildman–Crippen LogP) is 4.00. The molecule has 0 bridgehead atoms. The average molecular weight is 224 g/mol. The fourth-order valence-corrected chi connectivity index (χ4v) is 2.22. The predicted molar refractivity (Wildman–Crippen MR) is 66.3 cm³/mol. The van der Waals surface area contributed by atoms with Crippen LogP contribution in [0, 0.1) is 0 Å². The number of rotatable bonds is 1. The van der Waals surface area contributed by atoms with Gasteiger partial charge in [0.05, 0.1) is 7.11 Å². The van der Waals surface area contributed by atoms with Gasteiger partial charge in [0.1, 0.15) is 0 Å². The topological polar surface area (TPSA) is 26.3 Å². The van der Waals surface area contributed by atoms with Crippen LogP contribution in [0.2, 0.25) is 0 Å². The van der Waals surface area contributed by atoms with Crippen LogP contribution in [0.15, 0.2) is 11.6 Å². The second-order valence-electron chi connectivity index (χ2n) is 4.59. The van der Waals surface area contributed by atoms with E-state index in [0.29, 0.717) is 0 Å². The number of carbonyl (C=O) groups excluding carboxylic acids is 1. The molecule has 0 spiro atoms. The Hall–Kier alpha value is -0.790. The number of methoxy groups -OCH3 is 1. The van der Waals surface area contributed by atoms with E-state index in [-0.39, 0.29) is 5.97 Å². The van der Waals surface area contributed by atoms with E-state index in [2.05, 4.69) is 6.08 Å². The fourth-order valence-electron chi connectivity index (χ4n) is 2.22. The molecule has 0 heterocycles. The zero-order valence-corrected chi connectivity index (χ0v) is 10.5. The maximum Gasteiger partial charge on any atom is 0.333 e. The molecule has 1 rings (SSSR count). The smallest absolute Gasteiger partial charge is 0.333 e. The minimum atomic E-state index is -0.128. The number of allylic oxidation sites excluding steroid dienone is 1. The van der Waals surface area contributed by atoms with Crippen molar-refractivity contribution < 1.29 is 9.53 Å². The van der Waals surface area contributed by atoms with Gasteiger partial charge in [0.25, 0.3) is 0 Å². The summed E-state index contributed by atoms with van der Waals surface area (Å²) in [7, 11) is 1.47. The summed E-state index contributed by atoms with van der Waals surface area (Å²) in [5.74, 6) is -0.128. The zero-order chi connectivity index (χ0) is 11.6. The Balaban J connectivity index is 2.46. The highest BCUT2D eigenvalue weighted by atomic mass is 16.5. The third kappa shape index (κ3) is 5.34. The Kier molecular flexibility index (Phi) is 6.95. The standard InChI is InChI=1S/C14H24O2/c1-16-14(15)13-11-9-7-5-3-2-4-6-8-10-12-13/h11H,2-10,12H2,1H3/b13-11-. The highest BCUT2D eigenvalue weighted by molar-refractivity contribution is 5.88. The number of hydrogen-bond donors (Lipinski definition) is 0. The van der Waals surface area contributed by atoms with Crippen molar-refractivity contribution in [1.82, 2.24) is 0 Å². The van der Waals surface area contributed by atoms with Crippen LogP contribution in [0.4, 0.5) is 0 Å². The molecule has 16 heavy (non-hydrogen) atoms. The van der Waals surface area contributed by atoms with E-state index in [0.717, 1.165) is 24.8 Å². The minimum Gasteiger partial charge on any atom is -0.466 e. The van der Waals surface area contributed by atoms with Crippen molar-refractivity contribution in [2.45, 2.75) is 64.2 Å². The van der Waals surface area contributed by atoms with Gasteiger partial charge in [-0.15, -0.1) is 0 Å². The van der Waals surface area contributed by atoms with Crippen molar-refractivity contribution in [3.8, 4) is 0 Å². The van der Waals surface area contributed by atoms with Gasteiger partial charge < -0.3 is 4.74 Å². The summed E-state index contributed by atoms with van der Waals surface area (Å²) in [4.78, 5) is 11.5. The summed E-state index contributed by atoms with van der Waals surface area (Å²) in [6, 6.07) is 0. The number of carbonyl (C=O) groups is 1. The Bertz CT molecular complexity index is 231. The second kappa shape index (κ2) is 8.37. The summed E-state index contributed by atoms with van der Waals surface area (Å²) < 4.78 is 4.81. The van der Waals surface area contributed by atoms with E-state index in [4.69, 9.17) is 4.74 Å². The van der Waals surface area contributed by atoms with Crippen LogP contribution in [0.25, 0.3) is 0 Å². The van der Waals surface area contributed by atoms with E-state index in [9.17, 15) is 4.79 Å². The lowest BCUT2D eigenvalue weighted by Crippen LogP contribution is -2.05. The van der Waals surface area contributed by atoms with Gasteiger partial charge in [0.15, 0.2) is 0 Å². The van der Waals surface area contributed by atoms with Gasteiger partial charge in [0, 0.05) is 5.57 Å². The summed E-state index contributed by atoms with van der Waals surface area (Å²) in [6.07, 6.45) is 14.3. The lowest BCUT2D eigenvalue weighted by Gasteiger charge is -2.08. The van der Waals surface area contributed by atoms with Crippen molar-refractivity contribution >= 4 is 5.97 Å². The molecule has 0 aromatic rings. The van der Waals surface area contributed by atoms with Gasteiger partial charge in [-0.25, -0.2) is 4.79 Å². The quantitative estimate of drug-likeness (QED) is 0.629. The van der Waals surface area contributed by atoms with Gasteiger partial charge >= 0.3 is 5.97 Å². The van der Waals surface area contributed by atoms with Crippen LogP contribution in [-0.4, -0.2) is 13.1 Å². The zero-order valence-electron chi connectivity index (χ0n) is 10.5. The molecule has 1 aliphatic rings. The Labute approximate surface area is 99.1 Å². The van der Waals surface area contributed by atoms with Crippen LogP contribution in [0.3, 0.4) is 0 Å². The molecule has 92 valence electrons. The van der Waals surface area contributed by atoms with E-state index >= 15 is 0 Å². The molecule has 2 nitrogen and oxygen atoms in total. The molecule has 0 aromatic carbocycles. The van der Waals surface area contributed by atoms with Crippen molar-refractivity contribution in [2.24, 2.45) is 0 Å². The summed E-state index contributed by atoms with van der Waals surface area (Å²) in [5.41, 5.74) is 0.892. The number of hydrogen-bond acceptors (Lipinski definition) is 2. The molecule has 0 saturated carbocycles. The Morgan fingerprint density at radius 2 is 1.56 bits per heavy atom. The number of ether oxygens (including phenoxy) is 1. The van der Waals surface area contributed by atoms with Crippen molar-refractivity contribution in [2.75, 3.05) is 7.11 Å². The third-order valence-electron chi connectivity index (χ3n) is 3.24. The Morgan fingerprint density at radius 1 is 1.00 bits per heavy atom. The lowest BCUT2D eigenvalue weighted by molar-refractivity contribution is -0.136. The van der Waals surface area contributed by atoms with Gasteiger partial charge in [-0.1, -0.05) is 44.6 Å². The highest BCUT2D eigenvalue weighted by Gasteiger charge is 2.08. The van der Waals surface area contributed by atoms with Gasteiger partial charge in [-0.2, -0.15) is 0 Å². The summed E-state index contributed by atoms with van der Waals surface area (Å²) >= 11 is 0. The van der Waals surface area contributed by atoms with E-state index in [1.54, 1.807) is 0 Å². The van der Waals surface area contributed by atoms with Crippen molar-refractivity contribution in [3.05, 3.63) is 11.6 Å². The lowest BCUT2D eigenvalue weighted by atomic mass is 10.0. The maximum atomic E-state index is 11.5. The molecule has 0 aliphatic heterocycles. The van der Waals surface area contributed by atoms with Crippen LogP contribution < -0.4 is 0 Å². The fraction of sp³-hybridized carbons (Fsp3) is 0.786. The first-order valence-electron chi connectivity index (χ1n) is 6.62. The van der Waals surface area contributed by atoms with Crippen LogP contribution in [0.1, 0.15) is 64.2 Å². The third-order valence-corrected chi connectivity index (χ3v) is 3.24. The van der Waals surface area contributed by atoms with E-state index in [1.807, 2.05) is 0 Å². The van der Waals surface area contributed by atoms with Crippen LogP contribution >= 0.6 is 0 Å². The van der Waals surface area contributed by atoms with Gasteiger partial charge in [0.2, 0.25) is 0 Å². The van der Waals surface area contributed by atoms with Gasteiger partial charge in [-0.05, 0) is 25.7 Å². The molecule has 1 aliphatic carbocycles. The van der Waals surface area contributed by atoms with E-state index in [1.165, 1.54) is 52.1 Å². The van der Waals surface area contributed by atoms with Crippen molar-refractivity contribution in [3.63, 3.8) is 0 Å².